The fourth-order valence-electron chi connectivity index (χ4n) is 2.52. The zero-order valence-electron chi connectivity index (χ0n) is 11.4. The summed E-state index contributed by atoms with van der Waals surface area (Å²) in [5.41, 5.74) is 2.25. The average Bonchev–Trinajstić information content (AvgIpc) is 2.98. The maximum atomic E-state index is 11.2. The number of hydrogen-bond donors (Lipinski definition) is 2. The Hall–Kier alpha value is -1.44. The third-order valence-corrected chi connectivity index (χ3v) is 3.41. The molecule has 7 nitrogen and oxygen atoms in total. The number of hydrazine groups is 1. The van der Waals surface area contributed by atoms with Crippen molar-refractivity contribution in [2.75, 3.05) is 33.7 Å². The van der Waals surface area contributed by atoms with E-state index in [1.807, 2.05) is 12.5 Å². The second-order valence-corrected chi connectivity index (χ2v) is 5.27. The fourth-order valence-corrected chi connectivity index (χ4v) is 2.52. The lowest BCUT2D eigenvalue weighted by molar-refractivity contribution is 0.0944. The molecule has 2 rings (SSSR count). The van der Waals surface area contributed by atoms with Gasteiger partial charge in [-0.05, 0) is 33.0 Å². The van der Waals surface area contributed by atoms with Crippen molar-refractivity contribution in [1.29, 1.82) is 0 Å². The molecule has 1 atom stereocenters. The second kappa shape index (κ2) is 6.14. The Morgan fingerprint density at radius 2 is 2.53 bits per heavy atom. The van der Waals surface area contributed by atoms with Gasteiger partial charge < -0.3 is 9.42 Å². The van der Waals surface area contributed by atoms with Gasteiger partial charge in [-0.2, -0.15) is 0 Å². The van der Waals surface area contributed by atoms with Crippen LogP contribution in [0.2, 0.25) is 0 Å². The van der Waals surface area contributed by atoms with Crippen LogP contribution in [0, 0.1) is 5.92 Å². The van der Waals surface area contributed by atoms with E-state index in [-0.39, 0.29) is 5.69 Å². The van der Waals surface area contributed by atoms with E-state index in [2.05, 4.69) is 22.0 Å². The van der Waals surface area contributed by atoms with Gasteiger partial charge in [0.2, 0.25) is 0 Å². The fraction of sp³-hybridized carbons (Fsp3) is 0.667. The number of nitrogens with two attached hydrogens (primary N) is 1. The number of likely N-dealkylation sites (tertiary alicyclic amines) is 1. The van der Waals surface area contributed by atoms with Gasteiger partial charge in [-0.15, -0.1) is 0 Å². The highest BCUT2D eigenvalue weighted by Crippen LogP contribution is 2.16. The number of carbonyl (C=O) groups excluding carboxylic acids is 1. The highest BCUT2D eigenvalue weighted by molar-refractivity contribution is 5.91. The average molecular weight is 267 g/mol. The minimum atomic E-state index is -0.435. The van der Waals surface area contributed by atoms with Crippen LogP contribution in [-0.2, 0) is 6.54 Å². The van der Waals surface area contributed by atoms with E-state index in [1.165, 1.54) is 13.0 Å². The molecule has 0 bridgehead atoms. The first kappa shape index (κ1) is 14.0. The Labute approximate surface area is 112 Å². The van der Waals surface area contributed by atoms with Gasteiger partial charge >= 0.3 is 0 Å². The number of hydrogen-bond acceptors (Lipinski definition) is 6. The van der Waals surface area contributed by atoms with Crippen LogP contribution < -0.4 is 11.3 Å². The number of nitrogens with one attached hydrogen (secondary N) is 1. The standard InChI is InChI=1S/C12H21N5O2/c1-16-4-3-9(6-16)7-17(2)8-10-5-11(15-19-10)12(18)14-13/h5,9H,3-4,6-8,13H2,1-2H3,(H,14,18). The first-order chi connectivity index (χ1) is 9.08. The lowest BCUT2D eigenvalue weighted by atomic mass is 10.1. The molecular formula is C12H21N5O2. The Balaban J connectivity index is 1.83. The Morgan fingerprint density at radius 1 is 1.74 bits per heavy atom. The lowest BCUT2D eigenvalue weighted by Gasteiger charge is -2.19. The van der Waals surface area contributed by atoms with E-state index < -0.39 is 5.91 Å². The normalized spacial score (nSPS) is 20.1. The van der Waals surface area contributed by atoms with Crippen molar-refractivity contribution < 1.29 is 9.32 Å². The Kier molecular flexibility index (Phi) is 4.52. The van der Waals surface area contributed by atoms with Crippen LogP contribution in [0.5, 0.6) is 0 Å². The van der Waals surface area contributed by atoms with E-state index in [9.17, 15) is 4.79 Å². The molecule has 0 aromatic carbocycles. The molecule has 19 heavy (non-hydrogen) atoms. The Bertz CT molecular complexity index is 434. The molecule has 2 heterocycles. The van der Waals surface area contributed by atoms with Crippen LogP contribution >= 0.6 is 0 Å². The molecule has 1 aromatic heterocycles. The molecule has 1 unspecified atom stereocenters. The molecule has 3 N–H and O–H groups in total. The quantitative estimate of drug-likeness (QED) is 0.431. The minimum absolute atomic E-state index is 0.214. The molecule has 1 saturated heterocycles. The molecular weight excluding hydrogens is 246 g/mol. The van der Waals surface area contributed by atoms with E-state index in [4.69, 9.17) is 10.4 Å². The van der Waals surface area contributed by atoms with Crippen LogP contribution in [0.1, 0.15) is 22.7 Å². The number of aromatic nitrogens is 1. The van der Waals surface area contributed by atoms with Crippen molar-refractivity contribution in [3.8, 4) is 0 Å². The SMILES string of the molecule is CN1CCC(CN(C)Cc2cc(C(=O)NN)no2)C1. The summed E-state index contributed by atoms with van der Waals surface area (Å²) in [6, 6.07) is 1.62. The summed E-state index contributed by atoms with van der Waals surface area (Å²) in [6.07, 6.45) is 1.23. The minimum Gasteiger partial charge on any atom is -0.359 e. The molecule has 1 amide bonds. The molecule has 0 radical (unpaired) electrons. The summed E-state index contributed by atoms with van der Waals surface area (Å²) in [5, 5.41) is 3.68. The van der Waals surface area contributed by atoms with Gasteiger partial charge in [-0.25, -0.2) is 5.84 Å². The number of rotatable bonds is 5. The van der Waals surface area contributed by atoms with Crippen molar-refractivity contribution in [2.24, 2.45) is 11.8 Å². The monoisotopic (exact) mass is 267 g/mol. The molecule has 1 aliphatic heterocycles. The van der Waals surface area contributed by atoms with Gasteiger partial charge in [-0.1, -0.05) is 5.16 Å². The van der Waals surface area contributed by atoms with Crippen LogP contribution in [0.3, 0.4) is 0 Å². The van der Waals surface area contributed by atoms with Crippen LogP contribution in [0.25, 0.3) is 0 Å². The second-order valence-electron chi connectivity index (χ2n) is 5.27. The summed E-state index contributed by atoms with van der Waals surface area (Å²) in [6.45, 7) is 3.97. The van der Waals surface area contributed by atoms with E-state index >= 15 is 0 Å². The van der Waals surface area contributed by atoms with Crippen molar-refractivity contribution in [1.82, 2.24) is 20.4 Å². The number of nitrogen functional groups attached to an aromatic ring is 1. The van der Waals surface area contributed by atoms with Crippen molar-refractivity contribution in [3.63, 3.8) is 0 Å². The van der Waals surface area contributed by atoms with E-state index in [0.29, 0.717) is 18.2 Å². The predicted molar refractivity (Wildman–Crippen MR) is 70.1 cm³/mol. The first-order valence-corrected chi connectivity index (χ1v) is 6.42. The van der Waals surface area contributed by atoms with Gasteiger partial charge in [0.05, 0.1) is 6.54 Å². The molecule has 0 saturated carbocycles. The van der Waals surface area contributed by atoms with Crippen LogP contribution in [-0.4, -0.2) is 54.6 Å². The molecule has 7 heteroatoms. The largest absolute Gasteiger partial charge is 0.359 e. The molecule has 106 valence electrons. The maximum absolute atomic E-state index is 11.2. The molecule has 0 spiro atoms. The molecule has 1 aromatic rings. The third kappa shape index (κ3) is 3.76. The Morgan fingerprint density at radius 3 is 3.16 bits per heavy atom. The maximum Gasteiger partial charge on any atom is 0.287 e. The van der Waals surface area contributed by atoms with Gasteiger partial charge in [0.25, 0.3) is 5.91 Å². The zero-order valence-corrected chi connectivity index (χ0v) is 11.4. The van der Waals surface area contributed by atoms with Crippen molar-refractivity contribution in [3.05, 3.63) is 17.5 Å². The predicted octanol–water partition coefficient (Wildman–Crippen LogP) is -0.338. The summed E-state index contributed by atoms with van der Waals surface area (Å²) < 4.78 is 5.13. The highest BCUT2D eigenvalue weighted by atomic mass is 16.5. The molecule has 1 fully saturated rings. The highest BCUT2D eigenvalue weighted by Gasteiger charge is 2.21. The van der Waals surface area contributed by atoms with Gasteiger partial charge in [-0.3, -0.25) is 15.1 Å². The van der Waals surface area contributed by atoms with Gasteiger partial charge in [0.1, 0.15) is 0 Å². The summed E-state index contributed by atoms with van der Waals surface area (Å²) >= 11 is 0. The van der Waals surface area contributed by atoms with Gasteiger partial charge in [0.15, 0.2) is 11.5 Å². The van der Waals surface area contributed by atoms with E-state index in [0.717, 1.165) is 13.1 Å². The molecule has 1 aliphatic rings. The number of carbonyl (C=O) groups is 1. The number of nitrogens with zero attached hydrogens (tertiary/aromatic N) is 3. The van der Waals surface area contributed by atoms with Gasteiger partial charge in [0, 0.05) is 19.2 Å². The topological polar surface area (TPSA) is 87.6 Å². The first-order valence-electron chi connectivity index (χ1n) is 6.42. The van der Waals surface area contributed by atoms with Crippen LogP contribution in [0.15, 0.2) is 10.6 Å². The van der Waals surface area contributed by atoms with E-state index in [1.54, 1.807) is 6.07 Å². The van der Waals surface area contributed by atoms with Crippen molar-refractivity contribution in [2.45, 2.75) is 13.0 Å². The van der Waals surface area contributed by atoms with Crippen molar-refractivity contribution >= 4 is 5.91 Å². The summed E-state index contributed by atoms with van der Waals surface area (Å²) in [5.74, 6) is 5.98. The lowest BCUT2D eigenvalue weighted by Crippen LogP contribution is -2.30. The van der Waals surface area contributed by atoms with Crippen LogP contribution in [0.4, 0.5) is 0 Å². The number of amides is 1. The summed E-state index contributed by atoms with van der Waals surface area (Å²) in [7, 11) is 4.19. The third-order valence-electron chi connectivity index (χ3n) is 3.41. The zero-order chi connectivity index (χ0) is 13.8. The molecule has 0 aliphatic carbocycles. The smallest absolute Gasteiger partial charge is 0.287 e. The summed E-state index contributed by atoms with van der Waals surface area (Å²) in [4.78, 5) is 15.8.